The number of anilines is 1. The Morgan fingerprint density at radius 2 is 2.06 bits per heavy atom. The smallest absolute Gasteiger partial charge is 0.368 e. The third kappa shape index (κ3) is 5.25. The lowest BCUT2D eigenvalue weighted by Gasteiger charge is -2.27. The van der Waals surface area contributed by atoms with Gasteiger partial charge in [-0.1, -0.05) is 13.8 Å². The van der Waals surface area contributed by atoms with Crippen LogP contribution in [0.25, 0.3) is 11.1 Å². The van der Waals surface area contributed by atoms with E-state index in [1.807, 2.05) is 31.7 Å². The van der Waals surface area contributed by atoms with Crippen molar-refractivity contribution >= 4 is 11.6 Å². The molecule has 2 aromatic heterocycles. The van der Waals surface area contributed by atoms with Crippen LogP contribution in [0.4, 0.5) is 18.9 Å². The summed E-state index contributed by atoms with van der Waals surface area (Å²) in [5.74, 6) is -0.396. The lowest BCUT2D eigenvalue weighted by molar-refractivity contribution is -0.141. The van der Waals surface area contributed by atoms with Gasteiger partial charge < -0.3 is 16.0 Å². The molecule has 0 unspecified atom stereocenters. The summed E-state index contributed by atoms with van der Waals surface area (Å²) in [5, 5.41) is 12.7. The van der Waals surface area contributed by atoms with Gasteiger partial charge in [0.1, 0.15) is 17.5 Å². The minimum Gasteiger partial charge on any atom is -0.368 e. The van der Waals surface area contributed by atoms with E-state index in [1.165, 1.54) is 12.3 Å². The zero-order valence-corrected chi connectivity index (χ0v) is 18.8. The fourth-order valence-corrected chi connectivity index (χ4v) is 4.03. The predicted octanol–water partition coefficient (Wildman–Crippen LogP) is 3.88. The zero-order valence-electron chi connectivity index (χ0n) is 18.8. The van der Waals surface area contributed by atoms with Crippen LogP contribution >= 0.6 is 0 Å². The molecule has 3 rings (SSSR count). The van der Waals surface area contributed by atoms with E-state index in [-0.39, 0.29) is 28.4 Å². The number of nitrogens with one attached hydrogen (secondary N) is 1. The van der Waals surface area contributed by atoms with Gasteiger partial charge in [0.25, 0.3) is 5.91 Å². The highest BCUT2D eigenvalue weighted by atomic mass is 19.4. The van der Waals surface area contributed by atoms with Gasteiger partial charge >= 0.3 is 6.18 Å². The minimum absolute atomic E-state index is 0.0689. The van der Waals surface area contributed by atoms with Crippen molar-refractivity contribution in [3.05, 3.63) is 41.5 Å². The highest BCUT2D eigenvalue weighted by Gasteiger charge is 2.36. The quantitative estimate of drug-likeness (QED) is 0.677. The molecule has 3 heterocycles. The van der Waals surface area contributed by atoms with E-state index < -0.39 is 23.3 Å². The molecular weight excluding hydrogens is 433 g/mol. The number of nitriles is 1. The Bertz CT molecular complexity index is 1070. The molecule has 0 aliphatic carbocycles. The van der Waals surface area contributed by atoms with Crippen LogP contribution in [0, 0.1) is 11.3 Å². The summed E-state index contributed by atoms with van der Waals surface area (Å²) in [6.07, 6.45) is -0.251. The molecule has 1 amide bonds. The average molecular weight is 461 g/mol. The Hall–Kier alpha value is -3.19. The van der Waals surface area contributed by atoms with E-state index in [4.69, 9.17) is 5.73 Å². The normalized spacial score (nSPS) is 18.5. The topological polar surface area (TPSA) is 108 Å². The van der Waals surface area contributed by atoms with Crippen molar-refractivity contribution in [1.29, 1.82) is 5.26 Å². The molecule has 1 saturated heterocycles. The number of halogens is 3. The first-order valence-electron chi connectivity index (χ1n) is 10.8. The van der Waals surface area contributed by atoms with Crippen LogP contribution in [0.2, 0.25) is 0 Å². The lowest BCUT2D eigenvalue weighted by Crippen LogP contribution is -2.40. The molecule has 0 saturated carbocycles. The molecule has 10 heteroatoms. The van der Waals surface area contributed by atoms with Crippen molar-refractivity contribution in [1.82, 2.24) is 15.3 Å². The maximum atomic E-state index is 13.4. The minimum atomic E-state index is -4.66. The lowest BCUT2D eigenvalue weighted by atomic mass is 9.97. The molecule has 1 aliphatic rings. The van der Waals surface area contributed by atoms with Crippen LogP contribution in [-0.4, -0.2) is 40.5 Å². The summed E-state index contributed by atoms with van der Waals surface area (Å²) in [4.78, 5) is 22.6. The summed E-state index contributed by atoms with van der Waals surface area (Å²) in [7, 11) is 0. The first-order chi connectivity index (χ1) is 15.5. The monoisotopic (exact) mass is 460 g/mol. The van der Waals surface area contributed by atoms with Gasteiger partial charge in [0.05, 0.1) is 11.3 Å². The number of nitrogens with zero attached hydrogens (tertiary/aromatic N) is 4. The maximum Gasteiger partial charge on any atom is 0.433 e. The first kappa shape index (κ1) is 24.5. The predicted molar refractivity (Wildman–Crippen MR) is 118 cm³/mol. The fraction of sp³-hybridized carbons (Fsp3) is 0.478. The van der Waals surface area contributed by atoms with Gasteiger partial charge in [-0.15, -0.1) is 0 Å². The number of hydrogen-bond acceptors (Lipinski definition) is 6. The molecule has 1 atom stereocenters. The number of carbonyl (C=O) groups is 1. The van der Waals surface area contributed by atoms with E-state index in [1.54, 1.807) is 0 Å². The summed E-state index contributed by atoms with van der Waals surface area (Å²) >= 11 is 0. The second-order valence-corrected chi connectivity index (χ2v) is 8.60. The van der Waals surface area contributed by atoms with Crippen LogP contribution in [0.1, 0.15) is 61.8 Å². The second-order valence-electron chi connectivity index (χ2n) is 8.60. The molecule has 2 aromatic rings. The SMILES string of the molecule is CCC(CC)NC(=O)c1cnc(C#N)c(-c2ccnc(C(F)(F)F)c2)c1N1CC[C@](C)(N)C1. The Balaban J connectivity index is 2.25. The number of alkyl halides is 3. The zero-order chi connectivity index (χ0) is 24.4. The van der Waals surface area contributed by atoms with Crippen LogP contribution < -0.4 is 16.0 Å². The Kier molecular flexibility index (Phi) is 6.93. The standard InChI is InChI=1S/C23H27F3N6O/c1-4-15(5-2)31-21(33)16-12-30-17(11-27)19(20(16)32-9-7-22(3,28)13-32)14-6-8-29-18(10-14)23(24,25)26/h6,8,10,12,15H,4-5,7,9,13,28H2,1-3H3,(H,31,33)/t22-/m0/s1. The number of aromatic nitrogens is 2. The van der Waals surface area contributed by atoms with E-state index >= 15 is 0 Å². The number of carbonyl (C=O) groups excluding carboxylic acids is 1. The number of pyridine rings is 2. The van der Waals surface area contributed by atoms with E-state index in [9.17, 15) is 23.2 Å². The van der Waals surface area contributed by atoms with Crippen molar-refractivity contribution in [2.24, 2.45) is 5.73 Å². The highest BCUT2D eigenvalue weighted by molar-refractivity contribution is 6.04. The van der Waals surface area contributed by atoms with Crippen LogP contribution in [0.15, 0.2) is 24.5 Å². The number of hydrogen-bond donors (Lipinski definition) is 2. The molecule has 33 heavy (non-hydrogen) atoms. The molecule has 176 valence electrons. The average Bonchev–Trinajstić information content (AvgIpc) is 3.15. The molecule has 0 bridgehead atoms. The Morgan fingerprint density at radius 3 is 2.61 bits per heavy atom. The van der Waals surface area contributed by atoms with E-state index in [0.29, 0.717) is 25.2 Å². The van der Waals surface area contributed by atoms with Gasteiger partial charge in [0.2, 0.25) is 0 Å². The summed E-state index contributed by atoms with van der Waals surface area (Å²) in [6.45, 7) is 6.63. The van der Waals surface area contributed by atoms with E-state index in [2.05, 4.69) is 15.3 Å². The third-order valence-electron chi connectivity index (χ3n) is 5.88. The summed E-state index contributed by atoms with van der Waals surface area (Å²) in [5.41, 5.74) is 5.43. The van der Waals surface area contributed by atoms with Crippen LogP contribution in [0.5, 0.6) is 0 Å². The fourth-order valence-electron chi connectivity index (χ4n) is 4.03. The molecule has 0 radical (unpaired) electrons. The number of amides is 1. The summed E-state index contributed by atoms with van der Waals surface area (Å²) < 4.78 is 40.1. The van der Waals surface area contributed by atoms with Gasteiger partial charge in [0.15, 0.2) is 0 Å². The largest absolute Gasteiger partial charge is 0.433 e. The van der Waals surface area contributed by atoms with Crippen molar-refractivity contribution in [3.63, 3.8) is 0 Å². The molecular formula is C23H27F3N6O. The van der Waals surface area contributed by atoms with Gasteiger partial charge in [-0.25, -0.2) is 4.98 Å². The van der Waals surface area contributed by atoms with Crippen molar-refractivity contribution in [2.45, 2.75) is 57.8 Å². The maximum absolute atomic E-state index is 13.4. The van der Waals surface area contributed by atoms with Crippen molar-refractivity contribution < 1.29 is 18.0 Å². The second kappa shape index (κ2) is 9.35. The van der Waals surface area contributed by atoms with Gasteiger partial charge in [-0.2, -0.15) is 18.4 Å². The molecule has 7 nitrogen and oxygen atoms in total. The third-order valence-corrected chi connectivity index (χ3v) is 5.88. The van der Waals surface area contributed by atoms with Crippen molar-refractivity contribution in [2.75, 3.05) is 18.0 Å². The number of rotatable bonds is 6. The summed E-state index contributed by atoms with van der Waals surface area (Å²) in [6, 6.07) is 4.16. The van der Waals surface area contributed by atoms with Crippen LogP contribution in [0.3, 0.4) is 0 Å². The Morgan fingerprint density at radius 1 is 1.36 bits per heavy atom. The first-order valence-corrected chi connectivity index (χ1v) is 10.8. The van der Waals surface area contributed by atoms with Crippen molar-refractivity contribution in [3.8, 4) is 17.2 Å². The van der Waals surface area contributed by atoms with Gasteiger partial charge in [-0.3, -0.25) is 9.78 Å². The molecule has 1 fully saturated rings. The number of nitrogens with two attached hydrogens (primary N) is 1. The highest BCUT2D eigenvalue weighted by Crippen LogP contribution is 2.40. The molecule has 0 spiro atoms. The molecule has 0 aromatic carbocycles. The van der Waals surface area contributed by atoms with Crippen LogP contribution in [-0.2, 0) is 6.18 Å². The molecule has 3 N–H and O–H groups in total. The Labute approximate surface area is 190 Å². The van der Waals surface area contributed by atoms with Gasteiger partial charge in [0, 0.05) is 42.6 Å². The van der Waals surface area contributed by atoms with Gasteiger partial charge in [-0.05, 0) is 43.9 Å². The van der Waals surface area contributed by atoms with E-state index in [0.717, 1.165) is 25.1 Å². The molecule has 1 aliphatic heterocycles.